The summed E-state index contributed by atoms with van der Waals surface area (Å²) in [7, 11) is 0. The Bertz CT molecular complexity index is 544. The molecule has 0 heterocycles. The molecule has 0 radical (unpaired) electrons. The van der Waals surface area contributed by atoms with Crippen LogP contribution in [0.3, 0.4) is 0 Å². The summed E-state index contributed by atoms with van der Waals surface area (Å²) in [5.74, 6) is 0.779. The smallest absolute Gasteiger partial charge is 0.0898 e. The molecule has 0 aliphatic heterocycles. The number of fused-ring (bicyclic) bond motifs is 2. The van der Waals surface area contributed by atoms with Gasteiger partial charge in [-0.2, -0.15) is 0 Å². The highest BCUT2D eigenvalue weighted by Crippen LogP contribution is 2.66. The Morgan fingerprint density at radius 1 is 1.25 bits per heavy atom. The van der Waals surface area contributed by atoms with Crippen molar-refractivity contribution in [3.63, 3.8) is 0 Å². The molecular weight excluding hydrogens is 298 g/mol. The van der Waals surface area contributed by atoms with Gasteiger partial charge in [0.2, 0.25) is 0 Å². The van der Waals surface area contributed by atoms with E-state index < -0.39 is 6.10 Å². The maximum Gasteiger partial charge on any atom is 0.0898 e. The molecule has 2 aliphatic carbocycles. The first-order valence-electron chi connectivity index (χ1n) is 9.42. The number of nitrogens with one attached hydrogen (secondary N) is 1. The van der Waals surface area contributed by atoms with Gasteiger partial charge in [-0.25, -0.2) is 0 Å². The summed E-state index contributed by atoms with van der Waals surface area (Å²) in [4.78, 5) is 0. The van der Waals surface area contributed by atoms with Crippen molar-refractivity contribution in [1.82, 2.24) is 5.32 Å². The van der Waals surface area contributed by atoms with Gasteiger partial charge >= 0.3 is 0 Å². The number of aliphatic hydroxyl groups excluding tert-OH is 1. The lowest BCUT2D eigenvalue weighted by atomic mass is 9.70. The molecule has 3 heteroatoms. The lowest BCUT2D eigenvalue weighted by Crippen LogP contribution is -2.40. The van der Waals surface area contributed by atoms with Crippen molar-refractivity contribution >= 4 is 0 Å². The van der Waals surface area contributed by atoms with Gasteiger partial charge in [-0.3, -0.25) is 0 Å². The first kappa shape index (κ1) is 17.9. The summed E-state index contributed by atoms with van der Waals surface area (Å²) in [6.45, 7) is 10.3. The Labute approximate surface area is 146 Å². The molecule has 2 saturated carbocycles. The van der Waals surface area contributed by atoms with Crippen LogP contribution in [0.4, 0.5) is 0 Å². The van der Waals surface area contributed by atoms with Gasteiger partial charge in [-0.1, -0.05) is 51.1 Å². The second kappa shape index (κ2) is 6.78. The zero-order chi connectivity index (χ0) is 17.4. The lowest BCUT2D eigenvalue weighted by molar-refractivity contribution is -0.0744. The van der Waals surface area contributed by atoms with Crippen LogP contribution in [-0.2, 0) is 4.74 Å². The lowest BCUT2D eigenvalue weighted by Gasteiger charge is -2.39. The van der Waals surface area contributed by atoms with Crippen LogP contribution >= 0.6 is 0 Å². The maximum atomic E-state index is 10.3. The molecule has 134 valence electrons. The fourth-order valence-corrected chi connectivity index (χ4v) is 4.84. The molecule has 2 aliphatic rings. The van der Waals surface area contributed by atoms with Crippen LogP contribution in [0.2, 0.25) is 0 Å². The molecular formula is C21H33NO2. The fraction of sp³-hybridized carbons (Fsp3) is 0.714. The predicted octanol–water partition coefficient (Wildman–Crippen LogP) is 3.93. The van der Waals surface area contributed by atoms with Gasteiger partial charge < -0.3 is 15.2 Å². The molecule has 0 unspecified atom stereocenters. The molecule has 1 aromatic carbocycles. The molecule has 3 nitrogen and oxygen atoms in total. The first-order chi connectivity index (χ1) is 11.3. The third-order valence-electron chi connectivity index (χ3n) is 7.16. The van der Waals surface area contributed by atoms with E-state index in [9.17, 15) is 5.11 Å². The van der Waals surface area contributed by atoms with Crippen molar-refractivity contribution in [2.45, 2.75) is 65.2 Å². The van der Waals surface area contributed by atoms with Crippen molar-refractivity contribution in [1.29, 1.82) is 0 Å². The third-order valence-corrected chi connectivity index (χ3v) is 7.16. The summed E-state index contributed by atoms with van der Waals surface area (Å²) >= 11 is 0. The van der Waals surface area contributed by atoms with Gasteiger partial charge in [0.05, 0.1) is 18.8 Å². The molecule has 5 atom stereocenters. The molecule has 0 amide bonds. The molecule has 1 aromatic rings. The molecule has 2 bridgehead atoms. The SMILES string of the molecule is C[C@H](NC[C@H](O)CO[C@@H]1C[C@H]2CC[C@@]1(C)C2(C)C)c1ccccc1. The maximum absolute atomic E-state index is 10.3. The number of rotatable bonds is 7. The number of hydrogen-bond acceptors (Lipinski definition) is 3. The number of benzene rings is 1. The van der Waals surface area contributed by atoms with Crippen molar-refractivity contribution in [3.05, 3.63) is 35.9 Å². The second-order valence-electron chi connectivity index (χ2n) is 8.63. The van der Waals surface area contributed by atoms with Crippen LogP contribution < -0.4 is 5.32 Å². The van der Waals surface area contributed by atoms with E-state index >= 15 is 0 Å². The largest absolute Gasteiger partial charge is 0.389 e. The predicted molar refractivity (Wildman–Crippen MR) is 97.8 cm³/mol. The van der Waals surface area contributed by atoms with Crippen LogP contribution in [-0.4, -0.2) is 30.5 Å². The minimum Gasteiger partial charge on any atom is -0.389 e. The van der Waals surface area contributed by atoms with Crippen LogP contribution in [0.1, 0.15) is 58.6 Å². The number of ether oxygens (including phenoxy) is 1. The van der Waals surface area contributed by atoms with Crippen LogP contribution in [0.15, 0.2) is 30.3 Å². The summed E-state index contributed by atoms with van der Waals surface area (Å²) in [5, 5.41) is 13.7. The average Bonchev–Trinajstić information content (AvgIpc) is 2.91. The standard InChI is InChI=1S/C21H33NO2/c1-15(16-8-6-5-7-9-16)22-13-18(23)14-24-19-12-17-10-11-21(19,4)20(17,2)3/h5-9,15,17-19,22-23H,10-14H2,1-4H3/t15-,17+,18-,19+,21+/m0/s1. The topological polar surface area (TPSA) is 41.5 Å². The van der Waals surface area contributed by atoms with Crippen molar-refractivity contribution in [2.75, 3.05) is 13.2 Å². The highest BCUT2D eigenvalue weighted by Gasteiger charge is 2.61. The second-order valence-corrected chi connectivity index (χ2v) is 8.63. The van der Waals surface area contributed by atoms with E-state index in [-0.39, 0.29) is 11.5 Å². The van der Waals surface area contributed by atoms with E-state index in [1.165, 1.54) is 18.4 Å². The van der Waals surface area contributed by atoms with E-state index in [4.69, 9.17) is 4.74 Å². The zero-order valence-corrected chi connectivity index (χ0v) is 15.6. The Balaban J connectivity index is 1.44. The highest BCUT2D eigenvalue weighted by molar-refractivity contribution is 5.18. The van der Waals surface area contributed by atoms with E-state index in [0.717, 1.165) is 12.3 Å². The Morgan fingerprint density at radius 3 is 2.54 bits per heavy atom. The molecule has 0 saturated heterocycles. The molecule has 0 aromatic heterocycles. The van der Waals surface area contributed by atoms with Gasteiger partial charge in [0.25, 0.3) is 0 Å². The minimum atomic E-state index is -0.456. The van der Waals surface area contributed by atoms with Crippen molar-refractivity contribution < 1.29 is 9.84 Å². The quantitative estimate of drug-likeness (QED) is 0.795. The van der Waals surface area contributed by atoms with E-state index in [1.54, 1.807) is 0 Å². The molecule has 0 spiro atoms. The van der Waals surface area contributed by atoms with Crippen molar-refractivity contribution in [2.24, 2.45) is 16.7 Å². The van der Waals surface area contributed by atoms with Crippen LogP contribution in [0.5, 0.6) is 0 Å². The fourth-order valence-electron chi connectivity index (χ4n) is 4.84. The average molecular weight is 332 g/mol. The van der Waals surface area contributed by atoms with E-state index in [1.807, 2.05) is 18.2 Å². The molecule has 2 N–H and O–H groups in total. The van der Waals surface area contributed by atoms with Gasteiger partial charge in [0.1, 0.15) is 0 Å². The number of aliphatic hydroxyl groups is 1. The summed E-state index contributed by atoms with van der Waals surface area (Å²) < 4.78 is 6.19. The first-order valence-corrected chi connectivity index (χ1v) is 9.42. The Morgan fingerprint density at radius 2 is 1.96 bits per heavy atom. The van der Waals surface area contributed by atoms with Crippen LogP contribution in [0, 0.1) is 16.7 Å². The summed E-state index contributed by atoms with van der Waals surface area (Å²) in [5.41, 5.74) is 1.87. The van der Waals surface area contributed by atoms with E-state index in [2.05, 4.69) is 45.1 Å². The molecule has 24 heavy (non-hydrogen) atoms. The Kier molecular flexibility index (Phi) is 5.06. The van der Waals surface area contributed by atoms with Crippen LogP contribution in [0.25, 0.3) is 0 Å². The third kappa shape index (κ3) is 3.14. The monoisotopic (exact) mass is 331 g/mol. The molecule has 3 rings (SSSR count). The molecule has 2 fully saturated rings. The van der Waals surface area contributed by atoms with Gasteiger partial charge in [-0.15, -0.1) is 0 Å². The van der Waals surface area contributed by atoms with Gasteiger partial charge in [-0.05, 0) is 48.5 Å². The van der Waals surface area contributed by atoms with Gasteiger partial charge in [0, 0.05) is 12.6 Å². The summed E-state index contributed by atoms with van der Waals surface area (Å²) in [6, 6.07) is 10.6. The van der Waals surface area contributed by atoms with Crippen molar-refractivity contribution in [3.8, 4) is 0 Å². The number of hydrogen-bond donors (Lipinski definition) is 2. The zero-order valence-electron chi connectivity index (χ0n) is 15.6. The minimum absolute atomic E-state index is 0.236. The van der Waals surface area contributed by atoms with Gasteiger partial charge in [0.15, 0.2) is 0 Å². The summed E-state index contributed by atoms with van der Waals surface area (Å²) in [6.07, 6.45) is 3.59. The highest BCUT2D eigenvalue weighted by atomic mass is 16.5. The Hall–Kier alpha value is -0.900. The van der Waals surface area contributed by atoms with E-state index in [0.29, 0.717) is 24.7 Å². The normalized spacial score (nSPS) is 33.5.